The van der Waals surface area contributed by atoms with Crippen LogP contribution >= 0.6 is 11.8 Å². The number of unbranched alkanes of at least 4 members (excludes halogenated alkanes) is 1. The summed E-state index contributed by atoms with van der Waals surface area (Å²) >= 11 is 1.75. The highest BCUT2D eigenvalue weighted by Crippen LogP contribution is 2.32. The van der Waals surface area contributed by atoms with Gasteiger partial charge in [-0.1, -0.05) is 72.4 Å². The molecule has 0 unspecified atom stereocenters. The van der Waals surface area contributed by atoms with E-state index in [2.05, 4.69) is 56.8 Å². The second kappa shape index (κ2) is 8.64. The third-order valence-corrected chi connectivity index (χ3v) is 5.13. The summed E-state index contributed by atoms with van der Waals surface area (Å²) in [7, 11) is 0. The summed E-state index contributed by atoms with van der Waals surface area (Å²) in [4.78, 5) is 10.0. The number of benzene rings is 2. The van der Waals surface area contributed by atoms with Crippen molar-refractivity contribution in [1.82, 2.24) is 30.2 Å². The Labute approximate surface area is 162 Å². The van der Waals surface area contributed by atoms with E-state index in [9.17, 15) is 0 Å². The van der Waals surface area contributed by atoms with Gasteiger partial charge in [-0.05, 0) is 18.1 Å². The van der Waals surface area contributed by atoms with E-state index in [4.69, 9.17) is 4.98 Å². The van der Waals surface area contributed by atoms with Crippen LogP contribution < -0.4 is 0 Å². The van der Waals surface area contributed by atoms with Crippen molar-refractivity contribution in [2.24, 2.45) is 0 Å². The van der Waals surface area contributed by atoms with Gasteiger partial charge >= 0.3 is 0 Å². The van der Waals surface area contributed by atoms with Gasteiger partial charge in [-0.25, -0.2) is 4.98 Å². The number of imidazole rings is 1. The number of nitrogens with one attached hydrogen (secondary N) is 1. The van der Waals surface area contributed by atoms with Gasteiger partial charge in [-0.3, -0.25) is 0 Å². The largest absolute Gasteiger partial charge is 0.332 e. The van der Waals surface area contributed by atoms with Gasteiger partial charge in [0, 0.05) is 16.9 Å². The summed E-state index contributed by atoms with van der Waals surface area (Å²) in [5.41, 5.74) is 4.33. The molecular weight excluding hydrogens is 356 g/mol. The molecule has 0 spiro atoms. The number of tetrazole rings is 1. The predicted octanol–water partition coefficient (Wildman–Crippen LogP) is 4.30. The van der Waals surface area contributed by atoms with Gasteiger partial charge in [-0.15, -0.1) is 10.2 Å². The van der Waals surface area contributed by atoms with Crippen LogP contribution in [0.2, 0.25) is 0 Å². The molecule has 4 aromatic rings. The fraction of sp³-hybridized carbons (Fsp3) is 0.200. The monoisotopic (exact) mass is 376 g/mol. The van der Waals surface area contributed by atoms with Crippen molar-refractivity contribution in [3.05, 3.63) is 67.0 Å². The lowest BCUT2D eigenvalue weighted by molar-refractivity contribution is 0.497. The minimum Gasteiger partial charge on any atom is -0.332 e. The maximum atomic E-state index is 4.87. The number of aromatic nitrogens is 6. The van der Waals surface area contributed by atoms with E-state index in [0.717, 1.165) is 52.8 Å². The van der Waals surface area contributed by atoms with Crippen LogP contribution in [-0.2, 0) is 6.54 Å². The van der Waals surface area contributed by atoms with Gasteiger partial charge in [0.2, 0.25) is 0 Å². The SMILES string of the molecule is c1ccc(-c2nc(SCCCCn3ncnn3)[nH]c2-c2ccccc2)cc1. The molecule has 0 saturated heterocycles. The number of rotatable bonds is 8. The third-order valence-electron chi connectivity index (χ3n) is 4.17. The second-order valence-electron chi connectivity index (χ2n) is 6.08. The lowest BCUT2D eigenvalue weighted by Crippen LogP contribution is -2.02. The van der Waals surface area contributed by atoms with E-state index in [-0.39, 0.29) is 0 Å². The lowest BCUT2D eigenvalue weighted by Gasteiger charge is -2.02. The van der Waals surface area contributed by atoms with Gasteiger partial charge in [0.05, 0.1) is 17.9 Å². The molecule has 1 N–H and O–H groups in total. The highest BCUT2D eigenvalue weighted by atomic mass is 32.2. The van der Waals surface area contributed by atoms with Crippen molar-refractivity contribution in [1.29, 1.82) is 0 Å². The van der Waals surface area contributed by atoms with Gasteiger partial charge in [0.15, 0.2) is 11.5 Å². The van der Waals surface area contributed by atoms with Crippen molar-refractivity contribution >= 4 is 11.8 Å². The molecule has 0 saturated carbocycles. The molecular formula is C20H20N6S. The Balaban J connectivity index is 1.46. The zero-order chi connectivity index (χ0) is 18.3. The Morgan fingerprint density at radius 2 is 1.63 bits per heavy atom. The third kappa shape index (κ3) is 4.43. The summed E-state index contributed by atoms with van der Waals surface area (Å²) in [6.45, 7) is 0.795. The Bertz CT molecular complexity index is 894. The summed E-state index contributed by atoms with van der Waals surface area (Å²) in [6.07, 6.45) is 3.54. The number of hydrogen-bond acceptors (Lipinski definition) is 5. The Morgan fingerprint density at radius 1 is 0.889 bits per heavy atom. The van der Waals surface area contributed by atoms with Crippen LogP contribution in [0, 0.1) is 0 Å². The van der Waals surface area contributed by atoms with Gasteiger partial charge < -0.3 is 4.98 Å². The fourth-order valence-corrected chi connectivity index (χ4v) is 3.73. The van der Waals surface area contributed by atoms with Gasteiger partial charge in [0.1, 0.15) is 0 Å². The van der Waals surface area contributed by atoms with E-state index >= 15 is 0 Å². The molecule has 0 fully saturated rings. The van der Waals surface area contributed by atoms with Crippen LogP contribution in [0.3, 0.4) is 0 Å². The average molecular weight is 376 g/mol. The number of nitrogens with zero attached hydrogens (tertiary/aromatic N) is 5. The predicted molar refractivity (Wildman–Crippen MR) is 107 cm³/mol. The van der Waals surface area contributed by atoms with Crippen LogP contribution in [0.1, 0.15) is 12.8 Å². The summed E-state index contributed by atoms with van der Waals surface area (Å²) in [6, 6.07) is 20.7. The summed E-state index contributed by atoms with van der Waals surface area (Å²) in [5, 5.41) is 12.6. The van der Waals surface area contributed by atoms with Gasteiger partial charge in [-0.2, -0.15) is 4.80 Å². The normalized spacial score (nSPS) is 11.0. The molecule has 6 nitrogen and oxygen atoms in total. The van der Waals surface area contributed by atoms with Crippen LogP contribution in [0.4, 0.5) is 0 Å². The highest BCUT2D eigenvalue weighted by molar-refractivity contribution is 7.99. The molecule has 0 amide bonds. The van der Waals surface area contributed by atoms with Crippen LogP contribution in [0.15, 0.2) is 72.1 Å². The van der Waals surface area contributed by atoms with E-state index < -0.39 is 0 Å². The lowest BCUT2D eigenvalue weighted by atomic mass is 10.1. The van der Waals surface area contributed by atoms with E-state index in [1.807, 2.05) is 24.3 Å². The topological polar surface area (TPSA) is 72.3 Å². The summed E-state index contributed by atoms with van der Waals surface area (Å²) in [5.74, 6) is 0.991. The number of hydrogen-bond donors (Lipinski definition) is 1. The summed E-state index contributed by atoms with van der Waals surface area (Å²) < 4.78 is 0. The van der Waals surface area contributed by atoms with Crippen LogP contribution in [0.25, 0.3) is 22.5 Å². The molecule has 0 aliphatic carbocycles. The zero-order valence-electron chi connectivity index (χ0n) is 14.8. The Kier molecular flexibility index (Phi) is 5.59. The number of aryl methyl sites for hydroxylation is 1. The molecule has 0 radical (unpaired) electrons. The first-order valence-electron chi connectivity index (χ1n) is 8.94. The maximum Gasteiger partial charge on any atom is 0.166 e. The first kappa shape index (κ1) is 17.5. The average Bonchev–Trinajstić information content (AvgIpc) is 3.39. The number of aromatic amines is 1. The first-order chi connectivity index (χ1) is 13.4. The molecule has 7 heteroatoms. The standard InChI is InChI=1S/C20H20N6S/c1-3-9-16(10-4-1)18-19(17-11-5-2-6-12-17)24-20(23-18)27-14-8-7-13-26-22-15-21-25-26/h1-6,9-12,15H,7-8,13-14H2,(H,23,24). The van der Waals surface area contributed by atoms with Crippen molar-refractivity contribution in [2.45, 2.75) is 24.5 Å². The zero-order valence-corrected chi connectivity index (χ0v) is 15.6. The van der Waals surface area contributed by atoms with E-state index in [0.29, 0.717) is 0 Å². The first-order valence-corrected chi connectivity index (χ1v) is 9.93. The van der Waals surface area contributed by atoms with Crippen molar-refractivity contribution in [3.63, 3.8) is 0 Å². The minimum absolute atomic E-state index is 0.795. The molecule has 0 bridgehead atoms. The molecule has 2 heterocycles. The molecule has 136 valence electrons. The van der Waals surface area contributed by atoms with Crippen LogP contribution in [-0.4, -0.2) is 35.9 Å². The quantitative estimate of drug-likeness (QED) is 0.367. The van der Waals surface area contributed by atoms with Crippen molar-refractivity contribution < 1.29 is 0 Å². The molecule has 0 aliphatic rings. The highest BCUT2D eigenvalue weighted by Gasteiger charge is 2.14. The molecule has 2 aromatic carbocycles. The molecule has 2 aromatic heterocycles. The van der Waals surface area contributed by atoms with E-state index in [1.165, 1.54) is 6.33 Å². The van der Waals surface area contributed by atoms with E-state index in [1.54, 1.807) is 16.6 Å². The molecule has 0 aliphatic heterocycles. The Hall–Kier alpha value is -2.93. The van der Waals surface area contributed by atoms with Gasteiger partial charge in [0.25, 0.3) is 0 Å². The van der Waals surface area contributed by atoms with Crippen molar-refractivity contribution in [2.75, 3.05) is 5.75 Å². The minimum atomic E-state index is 0.795. The molecule has 4 rings (SSSR count). The van der Waals surface area contributed by atoms with Crippen LogP contribution in [0.5, 0.6) is 0 Å². The number of H-pyrrole nitrogens is 1. The smallest absolute Gasteiger partial charge is 0.166 e. The Morgan fingerprint density at radius 3 is 2.33 bits per heavy atom. The fourth-order valence-electron chi connectivity index (χ4n) is 2.85. The van der Waals surface area contributed by atoms with Crippen molar-refractivity contribution in [3.8, 4) is 22.5 Å². The number of thioether (sulfide) groups is 1. The molecule has 27 heavy (non-hydrogen) atoms. The maximum absolute atomic E-state index is 4.87. The second-order valence-corrected chi connectivity index (χ2v) is 7.17. The molecule has 0 atom stereocenters.